The van der Waals surface area contributed by atoms with Gasteiger partial charge in [-0.3, -0.25) is 14.5 Å². The molecule has 0 radical (unpaired) electrons. The van der Waals surface area contributed by atoms with E-state index in [0.717, 1.165) is 52.7 Å². The van der Waals surface area contributed by atoms with Crippen molar-refractivity contribution in [2.24, 2.45) is 0 Å². The van der Waals surface area contributed by atoms with Crippen molar-refractivity contribution >= 4 is 74.0 Å². The summed E-state index contributed by atoms with van der Waals surface area (Å²) in [5.74, 6) is 0.456. The maximum Gasteiger partial charge on any atom is 0.263 e. The Hall–Kier alpha value is -5.76. The Morgan fingerprint density at radius 1 is 0.804 bits per heavy atom. The van der Waals surface area contributed by atoms with E-state index >= 15 is 0 Å². The van der Waals surface area contributed by atoms with Crippen LogP contribution in [0.2, 0.25) is 10.0 Å². The zero-order chi connectivity index (χ0) is 35.1. The summed E-state index contributed by atoms with van der Waals surface area (Å²) >= 11 is 13.1. The summed E-state index contributed by atoms with van der Waals surface area (Å²) in [6.45, 7) is 1.12. The minimum absolute atomic E-state index is 0.121. The number of hydrogen-bond donors (Lipinski definition) is 1. The van der Waals surface area contributed by atoms with Crippen LogP contribution in [0.3, 0.4) is 0 Å². The molecule has 0 aliphatic carbocycles. The standard InChI is InChI=1S/C42H30Cl2N2O5/c43-32-15-10-16-33(44)41(32)46-35-18-7-5-14-30(35)31(42(46)49)21-27-25-45(34-17-6-4-13-29(27)34)19-8-9-20-50-28-22-36(47)40-37(48)24-38(51-39(40)23-28)26-11-2-1-3-12-26/h1-7,10-18,21-25,47H,8-9,19-20H2/b31-21-. The van der Waals surface area contributed by atoms with Gasteiger partial charge in [0.05, 0.1) is 33.6 Å². The fourth-order valence-corrected chi connectivity index (χ4v) is 7.25. The number of unbranched alkanes of at least 4 members (excludes halogenated alkanes) is 1. The normalized spacial score (nSPS) is 13.4. The van der Waals surface area contributed by atoms with Crippen molar-refractivity contribution < 1.29 is 19.1 Å². The number of fused-ring (bicyclic) bond motifs is 3. The number of hydrogen-bond acceptors (Lipinski definition) is 5. The topological polar surface area (TPSA) is 84.9 Å². The van der Waals surface area contributed by atoms with E-state index in [0.29, 0.717) is 39.4 Å². The molecule has 9 heteroatoms. The molecule has 5 aromatic carbocycles. The van der Waals surface area contributed by atoms with Crippen LogP contribution in [-0.2, 0) is 11.3 Å². The van der Waals surface area contributed by atoms with E-state index in [4.69, 9.17) is 32.4 Å². The number of aromatic nitrogens is 1. The number of benzene rings is 5. The predicted molar refractivity (Wildman–Crippen MR) is 204 cm³/mol. The number of aromatic hydroxyl groups is 1. The maximum absolute atomic E-state index is 14.0. The SMILES string of the molecule is O=C1/C(=C\c2cn(CCCCOc3cc(O)c4c(=O)cc(-c5ccccc5)oc4c3)c3ccccc23)c2ccccc2N1c1c(Cl)cccc1Cl. The predicted octanol–water partition coefficient (Wildman–Crippen LogP) is 10.5. The lowest BCUT2D eigenvalue weighted by Crippen LogP contribution is -2.21. The van der Waals surface area contributed by atoms with Crippen LogP contribution < -0.4 is 15.1 Å². The molecule has 3 heterocycles. The first-order valence-corrected chi connectivity index (χ1v) is 17.3. The average molecular weight is 714 g/mol. The molecular formula is C42H30Cl2N2O5. The highest BCUT2D eigenvalue weighted by Gasteiger charge is 2.35. The van der Waals surface area contributed by atoms with Crippen LogP contribution in [0.5, 0.6) is 11.5 Å². The summed E-state index contributed by atoms with van der Waals surface area (Å²) in [5, 5.41) is 12.6. The number of ether oxygens (including phenoxy) is 1. The van der Waals surface area contributed by atoms with E-state index < -0.39 is 0 Å². The van der Waals surface area contributed by atoms with Crippen molar-refractivity contribution in [1.29, 1.82) is 0 Å². The number of para-hydroxylation sites is 3. The van der Waals surface area contributed by atoms with Gasteiger partial charge in [0.2, 0.25) is 0 Å². The molecular weight excluding hydrogens is 683 g/mol. The van der Waals surface area contributed by atoms with Crippen molar-refractivity contribution in [3.63, 3.8) is 0 Å². The molecule has 51 heavy (non-hydrogen) atoms. The largest absolute Gasteiger partial charge is 0.507 e. The van der Waals surface area contributed by atoms with Crippen molar-refractivity contribution in [2.75, 3.05) is 11.5 Å². The van der Waals surface area contributed by atoms with Gasteiger partial charge in [0.15, 0.2) is 5.43 Å². The highest BCUT2D eigenvalue weighted by Crippen LogP contribution is 2.47. The van der Waals surface area contributed by atoms with Crippen LogP contribution >= 0.6 is 23.2 Å². The van der Waals surface area contributed by atoms with Crippen molar-refractivity contribution in [1.82, 2.24) is 4.57 Å². The minimum atomic E-state index is -0.322. The molecule has 7 nitrogen and oxygen atoms in total. The third-order valence-corrected chi connectivity index (χ3v) is 9.66. The van der Waals surface area contributed by atoms with Gasteiger partial charge in [-0.15, -0.1) is 0 Å². The number of halogens is 2. The Labute approximate surface area is 303 Å². The summed E-state index contributed by atoms with van der Waals surface area (Å²) in [6, 6.07) is 34.8. The fraction of sp³-hybridized carbons (Fsp3) is 0.0952. The Kier molecular flexibility index (Phi) is 8.60. The molecule has 0 spiro atoms. The first-order valence-electron chi connectivity index (χ1n) is 16.5. The van der Waals surface area contributed by atoms with Crippen LogP contribution in [-0.4, -0.2) is 22.2 Å². The first kappa shape index (κ1) is 32.4. The third-order valence-electron chi connectivity index (χ3n) is 9.05. The number of amides is 1. The highest BCUT2D eigenvalue weighted by molar-refractivity contribution is 6.45. The van der Waals surface area contributed by atoms with Crippen molar-refractivity contribution in [2.45, 2.75) is 19.4 Å². The molecule has 0 unspecified atom stereocenters. The number of nitrogens with zero attached hydrogens (tertiary/aromatic N) is 2. The Bertz CT molecular complexity index is 2540. The average Bonchev–Trinajstić information content (AvgIpc) is 3.62. The van der Waals surface area contributed by atoms with Crippen LogP contribution in [0.15, 0.2) is 131 Å². The molecule has 0 fully saturated rings. The highest BCUT2D eigenvalue weighted by atomic mass is 35.5. The van der Waals surface area contributed by atoms with E-state index in [9.17, 15) is 14.7 Å². The van der Waals surface area contributed by atoms with Crippen molar-refractivity contribution in [3.8, 4) is 22.8 Å². The molecule has 8 rings (SSSR count). The monoisotopic (exact) mass is 712 g/mol. The number of carbonyl (C=O) groups excluding carboxylic acids is 1. The lowest BCUT2D eigenvalue weighted by molar-refractivity contribution is -0.112. The number of carbonyl (C=O) groups is 1. The van der Waals surface area contributed by atoms with Crippen LogP contribution in [0.1, 0.15) is 24.0 Å². The molecule has 252 valence electrons. The van der Waals surface area contributed by atoms with E-state index in [1.165, 1.54) is 12.1 Å². The van der Waals surface area contributed by atoms with Gasteiger partial charge in [0, 0.05) is 58.5 Å². The van der Waals surface area contributed by atoms with Gasteiger partial charge in [0.25, 0.3) is 5.91 Å². The van der Waals surface area contributed by atoms with Crippen LogP contribution in [0.4, 0.5) is 11.4 Å². The smallest absolute Gasteiger partial charge is 0.263 e. The summed E-state index contributed by atoms with van der Waals surface area (Å²) in [4.78, 5) is 28.4. The van der Waals surface area contributed by atoms with E-state index in [1.54, 1.807) is 29.2 Å². The van der Waals surface area contributed by atoms with Gasteiger partial charge in [-0.1, -0.05) is 96.0 Å². The fourth-order valence-electron chi connectivity index (χ4n) is 6.68. The van der Waals surface area contributed by atoms with Gasteiger partial charge in [-0.2, -0.15) is 0 Å². The molecule has 0 atom stereocenters. The quantitative estimate of drug-likeness (QED) is 0.119. The summed E-state index contributed by atoms with van der Waals surface area (Å²) in [7, 11) is 0. The summed E-state index contributed by atoms with van der Waals surface area (Å²) in [6.07, 6.45) is 5.56. The van der Waals surface area contributed by atoms with Crippen molar-refractivity contribution in [3.05, 3.63) is 153 Å². The third kappa shape index (κ3) is 6.05. The summed E-state index contributed by atoms with van der Waals surface area (Å²) < 4.78 is 14.2. The van der Waals surface area contributed by atoms with Gasteiger partial charge in [-0.25, -0.2) is 0 Å². The molecule has 0 saturated heterocycles. The lowest BCUT2D eigenvalue weighted by atomic mass is 10.0. The zero-order valence-electron chi connectivity index (χ0n) is 27.2. The Balaban J connectivity index is 1.00. The molecule has 1 N–H and O–H groups in total. The Morgan fingerprint density at radius 2 is 1.55 bits per heavy atom. The molecule has 1 aliphatic rings. The molecule has 1 aliphatic heterocycles. The number of phenols is 1. The number of anilines is 2. The minimum Gasteiger partial charge on any atom is -0.507 e. The zero-order valence-corrected chi connectivity index (χ0v) is 28.7. The molecule has 0 saturated carbocycles. The first-order chi connectivity index (χ1) is 24.9. The molecule has 7 aromatic rings. The van der Waals surface area contributed by atoms with Crippen LogP contribution in [0, 0.1) is 0 Å². The molecule has 0 bridgehead atoms. The van der Waals surface area contributed by atoms with E-state index in [-0.39, 0.29) is 28.1 Å². The second kappa shape index (κ2) is 13.5. The number of aryl methyl sites for hydroxylation is 1. The maximum atomic E-state index is 14.0. The van der Waals surface area contributed by atoms with E-state index in [1.807, 2.05) is 72.8 Å². The van der Waals surface area contributed by atoms with Gasteiger partial charge in [-0.05, 0) is 43.2 Å². The molecule has 2 aromatic heterocycles. The molecule has 1 amide bonds. The number of phenolic OH excluding ortho intramolecular Hbond substituents is 1. The van der Waals surface area contributed by atoms with Gasteiger partial charge >= 0.3 is 0 Å². The lowest BCUT2D eigenvalue weighted by Gasteiger charge is -2.20. The second-order valence-corrected chi connectivity index (χ2v) is 13.1. The Morgan fingerprint density at radius 3 is 2.37 bits per heavy atom. The van der Waals surface area contributed by atoms with E-state index in [2.05, 4.69) is 22.9 Å². The van der Waals surface area contributed by atoms with Crippen LogP contribution in [0.25, 0.3) is 44.8 Å². The second-order valence-electron chi connectivity index (χ2n) is 12.3. The van der Waals surface area contributed by atoms with Gasteiger partial charge < -0.3 is 18.8 Å². The number of rotatable bonds is 9. The van der Waals surface area contributed by atoms with Gasteiger partial charge in [0.1, 0.15) is 28.2 Å². The summed E-state index contributed by atoms with van der Waals surface area (Å²) in [5.41, 5.74) is 5.25.